The van der Waals surface area contributed by atoms with E-state index in [9.17, 15) is 9.18 Å². The Morgan fingerprint density at radius 2 is 1.84 bits per heavy atom. The van der Waals surface area contributed by atoms with E-state index < -0.39 is 11.8 Å². The molecule has 1 saturated carbocycles. The zero-order valence-electron chi connectivity index (χ0n) is 11.8. The third kappa shape index (κ3) is 3.34. The van der Waals surface area contributed by atoms with Gasteiger partial charge in [0, 0.05) is 0 Å². The Hall–Kier alpha value is -1.38. The number of benzene rings is 1. The van der Waals surface area contributed by atoms with Crippen molar-refractivity contribution in [1.29, 1.82) is 0 Å². The number of halogens is 1. The fourth-order valence-electron chi connectivity index (χ4n) is 2.99. The van der Waals surface area contributed by atoms with Gasteiger partial charge in [-0.05, 0) is 49.7 Å². The van der Waals surface area contributed by atoms with Crippen molar-refractivity contribution in [3.63, 3.8) is 0 Å². The highest BCUT2D eigenvalue weighted by molar-refractivity contribution is 5.90. The molecule has 2 unspecified atom stereocenters. The Labute approximate surface area is 114 Å². The molecule has 0 saturated heterocycles. The first-order chi connectivity index (χ1) is 8.97. The predicted molar refractivity (Wildman–Crippen MR) is 72.5 cm³/mol. The van der Waals surface area contributed by atoms with E-state index in [1.807, 2.05) is 0 Å². The van der Waals surface area contributed by atoms with Crippen LogP contribution in [-0.4, -0.2) is 12.1 Å². The molecule has 19 heavy (non-hydrogen) atoms. The van der Waals surface area contributed by atoms with Gasteiger partial charge >= 0.3 is 5.97 Å². The summed E-state index contributed by atoms with van der Waals surface area (Å²) in [6.45, 7) is 5.99. The molecule has 2 atom stereocenters. The Morgan fingerprint density at radius 3 is 2.47 bits per heavy atom. The summed E-state index contributed by atoms with van der Waals surface area (Å²) in [4.78, 5) is 12.0. The lowest BCUT2D eigenvalue weighted by Gasteiger charge is -2.31. The van der Waals surface area contributed by atoms with Crippen LogP contribution in [0.5, 0.6) is 0 Å². The highest BCUT2D eigenvalue weighted by Crippen LogP contribution is 2.31. The first kappa shape index (κ1) is 14.0. The average molecular weight is 264 g/mol. The van der Waals surface area contributed by atoms with Crippen LogP contribution in [0, 0.1) is 24.6 Å². The smallest absolute Gasteiger partial charge is 0.341 e. The number of rotatable bonds is 2. The van der Waals surface area contributed by atoms with E-state index in [0.717, 1.165) is 12.8 Å². The van der Waals surface area contributed by atoms with Crippen molar-refractivity contribution >= 4 is 5.97 Å². The monoisotopic (exact) mass is 264 g/mol. The molecule has 2 nitrogen and oxygen atoms in total. The van der Waals surface area contributed by atoms with E-state index in [-0.39, 0.29) is 11.7 Å². The van der Waals surface area contributed by atoms with Crippen LogP contribution in [0.4, 0.5) is 4.39 Å². The fraction of sp³-hybridized carbons (Fsp3) is 0.562. The summed E-state index contributed by atoms with van der Waals surface area (Å²) in [5.74, 6) is 0.115. The van der Waals surface area contributed by atoms with Gasteiger partial charge in [0.15, 0.2) is 0 Å². The van der Waals surface area contributed by atoms with Crippen molar-refractivity contribution in [2.24, 2.45) is 11.8 Å². The van der Waals surface area contributed by atoms with Crippen LogP contribution < -0.4 is 0 Å². The zero-order valence-corrected chi connectivity index (χ0v) is 11.8. The third-order valence-corrected chi connectivity index (χ3v) is 3.82. The van der Waals surface area contributed by atoms with Crippen LogP contribution in [0.2, 0.25) is 0 Å². The zero-order chi connectivity index (χ0) is 14.0. The van der Waals surface area contributed by atoms with Gasteiger partial charge in [0.05, 0.1) is 5.56 Å². The average Bonchev–Trinajstić information content (AvgIpc) is 2.31. The molecule has 0 radical (unpaired) electrons. The number of carbonyl (C=O) groups excluding carboxylic acids is 1. The van der Waals surface area contributed by atoms with E-state index in [1.54, 1.807) is 19.1 Å². The van der Waals surface area contributed by atoms with Gasteiger partial charge in [-0.25, -0.2) is 9.18 Å². The molecule has 0 aromatic heterocycles. The van der Waals surface area contributed by atoms with Crippen LogP contribution in [0.3, 0.4) is 0 Å². The van der Waals surface area contributed by atoms with Crippen LogP contribution >= 0.6 is 0 Å². The normalized spacial score (nSPS) is 27.1. The summed E-state index contributed by atoms with van der Waals surface area (Å²) in [6, 6.07) is 4.82. The molecule has 0 bridgehead atoms. The summed E-state index contributed by atoms with van der Waals surface area (Å²) < 4.78 is 19.3. The first-order valence-corrected chi connectivity index (χ1v) is 6.93. The topological polar surface area (TPSA) is 26.3 Å². The molecule has 2 rings (SSSR count). The van der Waals surface area contributed by atoms with Crippen molar-refractivity contribution < 1.29 is 13.9 Å². The van der Waals surface area contributed by atoms with Gasteiger partial charge in [-0.1, -0.05) is 26.0 Å². The first-order valence-electron chi connectivity index (χ1n) is 6.93. The van der Waals surface area contributed by atoms with E-state index in [4.69, 9.17) is 4.74 Å². The second-order valence-electron chi connectivity index (χ2n) is 5.88. The minimum absolute atomic E-state index is 0.0471. The van der Waals surface area contributed by atoms with Gasteiger partial charge in [-0.3, -0.25) is 0 Å². The second-order valence-corrected chi connectivity index (χ2v) is 5.88. The van der Waals surface area contributed by atoms with Gasteiger partial charge in [0.2, 0.25) is 0 Å². The van der Waals surface area contributed by atoms with Crippen molar-refractivity contribution in [3.8, 4) is 0 Å². The molecule has 0 spiro atoms. The highest BCUT2D eigenvalue weighted by atomic mass is 19.1. The number of aryl methyl sites for hydroxylation is 1. The molecule has 1 aliphatic rings. The van der Waals surface area contributed by atoms with Gasteiger partial charge in [0.25, 0.3) is 0 Å². The van der Waals surface area contributed by atoms with E-state index in [2.05, 4.69) is 13.8 Å². The van der Waals surface area contributed by atoms with Crippen LogP contribution in [0.1, 0.15) is 49.0 Å². The lowest BCUT2D eigenvalue weighted by Crippen LogP contribution is -2.28. The molecule has 1 aromatic carbocycles. The van der Waals surface area contributed by atoms with Crippen molar-refractivity contribution in [1.82, 2.24) is 0 Å². The quantitative estimate of drug-likeness (QED) is 0.751. The molecule has 0 N–H and O–H groups in total. The van der Waals surface area contributed by atoms with Gasteiger partial charge in [0.1, 0.15) is 11.9 Å². The SMILES string of the molecule is Cc1cccc(C(=O)OC2CC(C)CC(C)C2)c1F. The number of carbonyl (C=O) groups is 1. The Kier molecular flexibility index (Phi) is 4.23. The maximum atomic E-state index is 13.9. The van der Waals surface area contributed by atoms with Crippen molar-refractivity contribution in [2.75, 3.05) is 0 Å². The standard InChI is InChI=1S/C16H21FO2/c1-10-7-11(2)9-13(8-10)19-16(18)14-6-4-5-12(3)15(14)17/h4-6,10-11,13H,7-9H2,1-3H3. The van der Waals surface area contributed by atoms with Crippen LogP contribution in [0.15, 0.2) is 18.2 Å². The van der Waals surface area contributed by atoms with Gasteiger partial charge in [-0.15, -0.1) is 0 Å². The lowest BCUT2D eigenvalue weighted by atomic mass is 9.82. The third-order valence-electron chi connectivity index (χ3n) is 3.82. The Bertz CT molecular complexity index is 460. The van der Waals surface area contributed by atoms with E-state index in [0.29, 0.717) is 17.4 Å². The molecule has 3 heteroatoms. The molecule has 0 heterocycles. The van der Waals surface area contributed by atoms with Gasteiger partial charge in [-0.2, -0.15) is 0 Å². The van der Waals surface area contributed by atoms with Crippen LogP contribution in [0.25, 0.3) is 0 Å². The molecule has 1 aliphatic carbocycles. The predicted octanol–water partition coefficient (Wildman–Crippen LogP) is 4.12. The number of ether oxygens (including phenoxy) is 1. The Morgan fingerprint density at radius 1 is 1.21 bits per heavy atom. The van der Waals surface area contributed by atoms with Crippen LogP contribution in [-0.2, 0) is 4.74 Å². The molecular weight excluding hydrogens is 243 g/mol. The van der Waals surface area contributed by atoms with E-state index in [1.165, 1.54) is 12.5 Å². The Balaban J connectivity index is 2.06. The highest BCUT2D eigenvalue weighted by Gasteiger charge is 2.27. The number of hydrogen-bond donors (Lipinski definition) is 0. The summed E-state index contributed by atoms with van der Waals surface area (Å²) in [5.41, 5.74) is 0.519. The maximum absolute atomic E-state index is 13.9. The summed E-state index contributed by atoms with van der Waals surface area (Å²) >= 11 is 0. The summed E-state index contributed by atoms with van der Waals surface area (Å²) in [6.07, 6.45) is 2.85. The number of hydrogen-bond acceptors (Lipinski definition) is 2. The summed E-state index contributed by atoms with van der Waals surface area (Å²) in [5, 5.41) is 0. The van der Waals surface area contributed by atoms with Gasteiger partial charge < -0.3 is 4.74 Å². The molecular formula is C16H21FO2. The maximum Gasteiger partial charge on any atom is 0.341 e. The second kappa shape index (κ2) is 5.72. The minimum atomic E-state index is -0.535. The molecule has 1 fully saturated rings. The van der Waals surface area contributed by atoms with Crippen molar-refractivity contribution in [2.45, 2.75) is 46.1 Å². The molecule has 0 amide bonds. The van der Waals surface area contributed by atoms with Crippen molar-refractivity contribution in [3.05, 3.63) is 35.1 Å². The summed E-state index contributed by atoms with van der Waals surface area (Å²) in [7, 11) is 0. The fourth-order valence-corrected chi connectivity index (χ4v) is 2.99. The lowest BCUT2D eigenvalue weighted by molar-refractivity contribution is 0.00760. The molecule has 1 aromatic rings. The number of esters is 1. The largest absolute Gasteiger partial charge is 0.459 e. The van der Waals surface area contributed by atoms with E-state index >= 15 is 0 Å². The molecule has 104 valence electrons. The molecule has 0 aliphatic heterocycles. The minimum Gasteiger partial charge on any atom is -0.459 e.